The van der Waals surface area contributed by atoms with E-state index in [1.54, 1.807) is 0 Å². The van der Waals surface area contributed by atoms with Crippen molar-refractivity contribution in [1.82, 2.24) is 0 Å². The molecule has 0 aliphatic rings. The van der Waals surface area contributed by atoms with Crippen molar-refractivity contribution in [3.05, 3.63) is 249 Å². The molecule has 0 radical (unpaired) electrons. The molecule has 3 heteroatoms. The zero-order valence-electron chi connectivity index (χ0n) is 35.5. The van der Waals surface area contributed by atoms with Gasteiger partial charge in [0.25, 0.3) is 0 Å². The molecule has 0 aliphatic carbocycles. The summed E-state index contributed by atoms with van der Waals surface area (Å²) in [4.78, 5) is 7.45. The van der Waals surface area contributed by atoms with Crippen LogP contribution in [-0.4, -0.2) is 0 Å². The van der Waals surface area contributed by atoms with E-state index in [4.69, 9.17) is 0 Å². The Kier molecular flexibility index (Phi) is 8.53. The Balaban J connectivity index is 1.30. The minimum absolute atomic E-state index is 1.10. The van der Waals surface area contributed by atoms with E-state index in [9.17, 15) is 0 Å². The van der Waals surface area contributed by atoms with E-state index in [0.717, 1.165) is 39.8 Å². The van der Waals surface area contributed by atoms with Gasteiger partial charge in [0.05, 0.1) is 17.1 Å². The van der Waals surface area contributed by atoms with Crippen molar-refractivity contribution < 1.29 is 0 Å². The van der Waals surface area contributed by atoms with E-state index in [1.807, 2.05) is 0 Å². The molecule has 0 heterocycles. The van der Waals surface area contributed by atoms with Crippen molar-refractivity contribution >= 4 is 116 Å². The van der Waals surface area contributed by atoms with E-state index >= 15 is 0 Å². The van der Waals surface area contributed by atoms with Crippen LogP contribution in [0.25, 0.3) is 64.6 Å². The standard InChI is InChI=1S/C62H41N3/c1-7-24-43(25-8-1)63(44-26-9-2-10-27-44)54-41-40-53-56-49(54)36-21-39-52(56)59-60(53)62(65(47-32-15-5-16-33-47)48-34-17-6-18-35-48)58-51-38-20-23-42-22-19-37-50(55(42)51)57(58)61(59)64(45-28-11-3-12-29-45)46-30-13-4-14-31-46/h1-41H. The average Bonchev–Trinajstić information content (AvgIpc) is 3.90. The number of hydrogen-bond acceptors (Lipinski definition) is 3. The summed E-state index contributed by atoms with van der Waals surface area (Å²) < 4.78 is 0. The molecule has 0 aliphatic heterocycles. The molecule has 3 nitrogen and oxygen atoms in total. The highest BCUT2D eigenvalue weighted by atomic mass is 15.2. The molecular weight excluding hydrogens is 787 g/mol. The van der Waals surface area contributed by atoms with Gasteiger partial charge in [-0.2, -0.15) is 0 Å². The molecule has 0 unspecified atom stereocenters. The lowest BCUT2D eigenvalue weighted by atomic mass is 9.97. The summed E-state index contributed by atoms with van der Waals surface area (Å²) in [6, 6.07) is 90.7. The molecule has 0 saturated carbocycles. The van der Waals surface area contributed by atoms with Gasteiger partial charge in [-0.25, -0.2) is 0 Å². The molecule has 13 rings (SSSR count). The zero-order chi connectivity index (χ0) is 42.8. The van der Waals surface area contributed by atoms with Crippen molar-refractivity contribution in [3.63, 3.8) is 0 Å². The number of benzene rings is 11. The first kappa shape index (κ1) is 36.9. The third-order valence-electron chi connectivity index (χ3n) is 13.2. The van der Waals surface area contributed by atoms with E-state index in [-0.39, 0.29) is 0 Å². The quantitative estimate of drug-likeness (QED) is 0.134. The van der Waals surface area contributed by atoms with Crippen LogP contribution in [0, 0.1) is 0 Å². The Labute approximate surface area is 377 Å². The Hall–Kier alpha value is -8.66. The molecule has 0 amide bonds. The fourth-order valence-electron chi connectivity index (χ4n) is 10.7. The minimum Gasteiger partial charge on any atom is -0.310 e. The summed E-state index contributed by atoms with van der Waals surface area (Å²) in [5.74, 6) is 0. The van der Waals surface area contributed by atoms with Crippen molar-refractivity contribution in [3.8, 4) is 0 Å². The predicted octanol–water partition coefficient (Wildman–Crippen LogP) is 17.9. The van der Waals surface area contributed by atoms with E-state index in [1.165, 1.54) is 76.0 Å². The van der Waals surface area contributed by atoms with Gasteiger partial charge in [-0.15, -0.1) is 0 Å². The Morgan fingerprint density at radius 3 is 0.846 bits per heavy atom. The van der Waals surface area contributed by atoms with E-state index < -0.39 is 0 Å². The van der Waals surface area contributed by atoms with Crippen LogP contribution in [0.2, 0.25) is 0 Å². The summed E-state index contributed by atoms with van der Waals surface area (Å²) in [5, 5.41) is 14.8. The van der Waals surface area contributed by atoms with Gasteiger partial charge in [0.15, 0.2) is 0 Å². The summed E-state index contributed by atoms with van der Waals surface area (Å²) in [5.41, 5.74) is 10.1. The summed E-state index contributed by atoms with van der Waals surface area (Å²) in [6.07, 6.45) is 0. The fraction of sp³-hybridized carbons (Fsp3) is 0. The van der Waals surface area contributed by atoms with E-state index in [2.05, 4.69) is 263 Å². The highest BCUT2D eigenvalue weighted by Gasteiger charge is 2.33. The lowest BCUT2D eigenvalue weighted by Crippen LogP contribution is -2.14. The van der Waals surface area contributed by atoms with E-state index in [0.29, 0.717) is 0 Å². The molecule has 0 fully saturated rings. The number of hydrogen-bond donors (Lipinski definition) is 0. The predicted molar refractivity (Wildman–Crippen MR) is 278 cm³/mol. The lowest BCUT2D eigenvalue weighted by Gasteiger charge is -2.32. The second-order valence-electron chi connectivity index (χ2n) is 16.8. The second-order valence-corrected chi connectivity index (χ2v) is 16.8. The lowest BCUT2D eigenvalue weighted by molar-refractivity contribution is 1.30. The molecule has 0 N–H and O–H groups in total. The van der Waals surface area contributed by atoms with Gasteiger partial charge < -0.3 is 14.7 Å². The second kappa shape index (κ2) is 15.0. The molecule has 65 heavy (non-hydrogen) atoms. The molecule has 0 saturated heterocycles. The number of nitrogens with zero attached hydrogens (tertiary/aromatic N) is 3. The average molecular weight is 828 g/mol. The third kappa shape index (κ3) is 5.69. The molecule has 0 spiro atoms. The van der Waals surface area contributed by atoms with Crippen molar-refractivity contribution in [2.24, 2.45) is 0 Å². The molecule has 13 aromatic rings. The third-order valence-corrected chi connectivity index (χ3v) is 13.2. The molecule has 304 valence electrons. The smallest absolute Gasteiger partial charge is 0.0632 e. The van der Waals surface area contributed by atoms with Gasteiger partial charge in [0.1, 0.15) is 0 Å². The SMILES string of the molecule is c1ccc(N(c2ccccc2)c2ccc3c4c(N(c5ccccc5)c5ccccc5)c5c6cccc7cccc(c5c(N(c5ccccc5)c5ccccc5)c4c4cccc2c43)c76)cc1. The maximum Gasteiger partial charge on any atom is 0.0632 e. The van der Waals surface area contributed by atoms with Gasteiger partial charge in [0, 0.05) is 61.1 Å². The van der Waals surface area contributed by atoms with Crippen LogP contribution >= 0.6 is 0 Å². The molecule has 0 bridgehead atoms. The molecule has 0 atom stereocenters. The Morgan fingerprint density at radius 2 is 0.477 bits per heavy atom. The van der Waals surface area contributed by atoms with Crippen LogP contribution < -0.4 is 14.7 Å². The highest BCUT2D eigenvalue weighted by molar-refractivity contribution is 6.48. The summed E-state index contributed by atoms with van der Waals surface area (Å²) in [6.45, 7) is 0. The van der Waals surface area contributed by atoms with Gasteiger partial charge in [-0.05, 0) is 117 Å². The first-order valence-electron chi connectivity index (χ1n) is 22.4. The number of fused-ring (bicyclic) bond motifs is 6. The van der Waals surface area contributed by atoms with Gasteiger partial charge >= 0.3 is 0 Å². The van der Waals surface area contributed by atoms with Crippen LogP contribution in [0.4, 0.5) is 51.2 Å². The Bertz CT molecular complexity index is 3510. The first-order valence-corrected chi connectivity index (χ1v) is 22.4. The van der Waals surface area contributed by atoms with Crippen LogP contribution in [0.3, 0.4) is 0 Å². The monoisotopic (exact) mass is 827 g/mol. The molecule has 0 aromatic heterocycles. The minimum atomic E-state index is 1.10. The van der Waals surface area contributed by atoms with Crippen molar-refractivity contribution in [1.29, 1.82) is 0 Å². The van der Waals surface area contributed by atoms with Crippen molar-refractivity contribution in [2.45, 2.75) is 0 Å². The summed E-state index contributed by atoms with van der Waals surface area (Å²) >= 11 is 0. The maximum atomic E-state index is 2.52. The van der Waals surface area contributed by atoms with Crippen LogP contribution in [0.1, 0.15) is 0 Å². The highest BCUT2D eigenvalue weighted by Crippen LogP contribution is 2.60. The first-order chi connectivity index (χ1) is 32.3. The van der Waals surface area contributed by atoms with Crippen LogP contribution in [0.5, 0.6) is 0 Å². The Morgan fingerprint density at radius 1 is 0.185 bits per heavy atom. The van der Waals surface area contributed by atoms with Crippen molar-refractivity contribution in [2.75, 3.05) is 14.7 Å². The van der Waals surface area contributed by atoms with Gasteiger partial charge in [0.2, 0.25) is 0 Å². The maximum absolute atomic E-state index is 2.52. The zero-order valence-corrected chi connectivity index (χ0v) is 35.5. The molecule has 13 aromatic carbocycles. The normalized spacial score (nSPS) is 11.7. The number of anilines is 9. The molecular formula is C62H41N3. The number of para-hydroxylation sites is 6. The largest absolute Gasteiger partial charge is 0.310 e. The van der Waals surface area contributed by atoms with Crippen LogP contribution in [0.15, 0.2) is 249 Å². The summed E-state index contributed by atoms with van der Waals surface area (Å²) in [7, 11) is 0. The topological polar surface area (TPSA) is 9.72 Å². The van der Waals surface area contributed by atoms with Gasteiger partial charge in [-0.3, -0.25) is 0 Å². The number of rotatable bonds is 9. The van der Waals surface area contributed by atoms with Gasteiger partial charge in [-0.1, -0.05) is 170 Å². The fourth-order valence-corrected chi connectivity index (χ4v) is 10.7. The van der Waals surface area contributed by atoms with Crippen LogP contribution in [-0.2, 0) is 0 Å².